The highest BCUT2D eigenvalue weighted by Gasteiger charge is 2.07. The van der Waals surface area contributed by atoms with Crippen LogP contribution < -0.4 is 10.5 Å². The molecule has 0 saturated heterocycles. The van der Waals surface area contributed by atoms with Crippen molar-refractivity contribution in [2.24, 2.45) is 5.73 Å². The van der Waals surface area contributed by atoms with Gasteiger partial charge >= 0.3 is 0 Å². The summed E-state index contributed by atoms with van der Waals surface area (Å²) in [6, 6.07) is 6.31. The normalized spacial score (nSPS) is 10.9. The molecule has 0 unspecified atom stereocenters. The molecule has 2 rings (SSSR count). The van der Waals surface area contributed by atoms with Crippen LogP contribution in [0.2, 0.25) is 0 Å². The van der Waals surface area contributed by atoms with Gasteiger partial charge in [0, 0.05) is 24.7 Å². The first-order chi connectivity index (χ1) is 7.26. The van der Waals surface area contributed by atoms with E-state index >= 15 is 0 Å². The number of aromatic nitrogens is 1. The smallest absolute Gasteiger partial charge is 0.143 e. The molecule has 0 fully saturated rings. The van der Waals surface area contributed by atoms with Crippen LogP contribution in [-0.4, -0.2) is 18.2 Å². The van der Waals surface area contributed by atoms with Gasteiger partial charge in [0.15, 0.2) is 0 Å². The third kappa shape index (κ3) is 1.70. The van der Waals surface area contributed by atoms with Gasteiger partial charge < -0.3 is 15.0 Å². The van der Waals surface area contributed by atoms with Crippen LogP contribution in [-0.2, 0) is 6.54 Å². The molecule has 15 heavy (non-hydrogen) atoms. The summed E-state index contributed by atoms with van der Waals surface area (Å²) in [4.78, 5) is 0. The fourth-order valence-electron chi connectivity index (χ4n) is 1.93. The number of aryl methyl sites for hydroxylation is 1. The second-order valence-electron chi connectivity index (χ2n) is 3.70. The topological polar surface area (TPSA) is 40.2 Å². The summed E-state index contributed by atoms with van der Waals surface area (Å²) >= 11 is 0. The summed E-state index contributed by atoms with van der Waals surface area (Å²) < 4.78 is 7.52. The Labute approximate surface area is 89.4 Å². The molecule has 1 aromatic carbocycles. The van der Waals surface area contributed by atoms with Crippen molar-refractivity contribution < 1.29 is 4.74 Å². The summed E-state index contributed by atoms with van der Waals surface area (Å²) in [6.07, 6.45) is 2.06. The minimum absolute atomic E-state index is 0.640. The zero-order valence-corrected chi connectivity index (χ0v) is 9.16. The van der Waals surface area contributed by atoms with E-state index in [9.17, 15) is 0 Å². The molecular weight excluding hydrogens is 188 g/mol. The quantitative estimate of drug-likeness (QED) is 0.829. The van der Waals surface area contributed by atoms with Crippen LogP contribution in [0.3, 0.4) is 0 Å². The van der Waals surface area contributed by atoms with Crippen molar-refractivity contribution in [3.8, 4) is 5.75 Å². The Kier molecular flexibility index (Phi) is 2.64. The van der Waals surface area contributed by atoms with Gasteiger partial charge in [-0.2, -0.15) is 0 Å². The van der Waals surface area contributed by atoms with E-state index in [1.165, 1.54) is 10.9 Å². The van der Waals surface area contributed by atoms with Gasteiger partial charge in [0.1, 0.15) is 5.75 Å². The molecule has 0 amide bonds. The minimum Gasteiger partial charge on any atom is -0.495 e. The van der Waals surface area contributed by atoms with E-state index in [0.717, 1.165) is 17.8 Å². The fraction of sp³-hybridized carbons (Fsp3) is 0.333. The predicted molar refractivity (Wildman–Crippen MR) is 62.3 cm³/mol. The zero-order valence-electron chi connectivity index (χ0n) is 9.16. The largest absolute Gasteiger partial charge is 0.495 e. The van der Waals surface area contributed by atoms with Crippen LogP contribution in [0.15, 0.2) is 24.4 Å². The van der Waals surface area contributed by atoms with Gasteiger partial charge in [0.25, 0.3) is 0 Å². The number of hydrogen-bond acceptors (Lipinski definition) is 2. The van der Waals surface area contributed by atoms with Crippen molar-refractivity contribution in [2.45, 2.75) is 13.5 Å². The minimum atomic E-state index is 0.640. The van der Waals surface area contributed by atoms with Crippen molar-refractivity contribution in [2.75, 3.05) is 13.7 Å². The first-order valence-electron chi connectivity index (χ1n) is 5.10. The molecule has 0 radical (unpaired) electrons. The molecule has 0 saturated carbocycles. The molecule has 1 heterocycles. The molecule has 0 aliphatic heterocycles. The summed E-state index contributed by atoms with van der Waals surface area (Å²) in [7, 11) is 1.70. The van der Waals surface area contributed by atoms with Gasteiger partial charge in [-0.15, -0.1) is 0 Å². The number of methoxy groups -OCH3 is 1. The molecule has 0 spiro atoms. The van der Waals surface area contributed by atoms with Crippen molar-refractivity contribution in [3.63, 3.8) is 0 Å². The van der Waals surface area contributed by atoms with Crippen molar-refractivity contribution >= 4 is 10.9 Å². The lowest BCUT2D eigenvalue weighted by Gasteiger charge is -2.08. The summed E-state index contributed by atoms with van der Waals surface area (Å²) in [5.41, 5.74) is 7.92. The molecule has 0 aliphatic carbocycles. The van der Waals surface area contributed by atoms with E-state index in [4.69, 9.17) is 10.5 Å². The fourth-order valence-corrected chi connectivity index (χ4v) is 1.93. The molecular formula is C12H16N2O. The molecule has 2 aromatic rings. The maximum absolute atomic E-state index is 5.57. The average Bonchev–Trinajstić information content (AvgIpc) is 2.61. The van der Waals surface area contributed by atoms with Crippen molar-refractivity contribution in [1.82, 2.24) is 4.57 Å². The molecule has 2 N–H and O–H groups in total. The first-order valence-corrected chi connectivity index (χ1v) is 5.10. The van der Waals surface area contributed by atoms with Crippen LogP contribution in [0.1, 0.15) is 5.56 Å². The SMILES string of the molecule is COc1cc(C)cc2ccn(CCN)c12. The van der Waals surface area contributed by atoms with Crippen molar-refractivity contribution in [1.29, 1.82) is 0 Å². The monoisotopic (exact) mass is 204 g/mol. The van der Waals surface area contributed by atoms with Gasteiger partial charge in [-0.05, 0) is 30.7 Å². The summed E-state index contributed by atoms with van der Waals surface area (Å²) in [6.45, 7) is 3.53. The second kappa shape index (κ2) is 3.95. The predicted octanol–water partition coefficient (Wildman–Crippen LogP) is 1.92. The Bertz CT molecular complexity index is 474. The number of ether oxygens (including phenoxy) is 1. The van der Waals surface area contributed by atoms with Crippen LogP contribution in [0, 0.1) is 6.92 Å². The Morgan fingerprint density at radius 1 is 1.40 bits per heavy atom. The maximum atomic E-state index is 5.57. The highest BCUT2D eigenvalue weighted by Crippen LogP contribution is 2.28. The van der Waals surface area contributed by atoms with Gasteiger partial charge in [-0.3, -0.25) is 0 Å². The standard InChI is InChI=1S/C12H16N2O/c1-9-7-10-3-5-14(6-4-13)12(10)11(8-9)15-2/h3,5,7-8H,4,6,13H2,1-2H3. The number of nitrogens with two attached hydrogens (primary N) is 1. The van der Waals surface area contributed by atoms with E-state index < -0.39 is 0 Å². The number of rotatable bonds is 3. The molecule has 0 aliphatic rings. The Hall–Kier alpha value is -1.48. The van der Waals surface area contributed by atoms with Gasteiger partial charge in [0.05, 0.1) is 12.6 Å². The van der Waals surface area contributed by atoms with Gasteiger partial charge in [-0.25, -0.2) is 0 Å². The molecule has 3 nitrogen and oxygen atoms in total. The highest BCUT2D eigenvalue weighted by molar-refractivity contribution is 5.86. The average molecular weight is 204 g/mol. The van der Waals surface area contributed by atoms with E-state index in [1.54, 1.807) is 7.11 Å². The molecule has 3 heteroatoms. The van der Waals surface area contributed by atoms with Crippen LogP contribution in [0.4, 0.5) is 0 Å². The maximum Gasteiger partial charge on any atom is 0.143 e. The first kappa shape index (κ1) is 10.1. The molecule has 0 bridgehead atoms. The van der Waals surface area contributed by atoms with Gasteiger partial charge in [0.2, 0.25) is 0 Å². The lowest BCUT2D eigenvalue weighted by molar-refractivity contribution is 0.417. The second-order valence-corrected chi connectivity index (χ2v) is 3.70. The molecule has 80 valence electrons. The highest BCUT2D eigenvalue weighted by atomic mass is 16.5. The number of fused-ring (bicyclic) bond motifs is 1. The van der Waals surface area contributed by atoms with Crippen LogP contribution >= 0.6 is 0 Å². The lowest BCUT2D eigenvalue weighted by atomic mass is 10.1. The number of hydrogen-bond donors (Lipinski definition) is 1. The van der Waals surface area contributed by atoms with Crippen molar-refractivity contribution in [3.05, 3.63) is 30.0 Å². The van der Waals surface area contributed by atoms with Crippen LogP contribution in [0.25, 0.3) is 10.9 Å². The number of benzene rings is 1. The number of nitrogens with zero attached hydrogens (tertiary/aromatic N) is 1. The van der Waals surface area contributed by atoms with E-state index in [2.05, 4.69) is 35.9 Å². The summed E-state index contributed by atoms with van der Waals surface area (Å²) in [5.74, 6) is 0.920. The molecule has 1 aromatic heterocycles. The zero-order chi connectivity index (χ0) is 10.8. The van der Waals surface area contributed by atoms with E-state index in [-0.39, 0.29) is 0 Å². The van der Waals surface area contributed by atoms with Gasteiger partial charge in [-0.1, -0.05) is 0 Å². The van der Waals surface area contributed by atoms with Crippen LogP contribution in [0.5, 0.6) is 5.75 Å². The third-order valence-electron chi connectivity index (χ3n) is 2.56. The Morgan fingerprint density at radius 2 is 2.20 bits per heavy atom. The van der Waals surface area contributed by atoms with E-state index in [0.29, 0.717) is 6.54 Å². The molecule has 0 atom stereocenters. The third-order valence-corrected chi connectivity index (χ3v) is 2.56. The Balaban J connectivity index is 2.66. The van der Waals surface area contributed by atoms with E-state index in [1.807, 2.05) is 0 Å². The summed E-state index contributed by atoms with van der Waals surface area (Å²) in [5, 5.41) is 1.21. The lowest BCUT2D eigenvalue weighted by Crippen LogP contribution is -2.09. The Morgan fingerprint density at radius 3 is 2.87 bits per heavy atom.